The lowest BCUT2D eigenvalue weighted by Gasteiger charge is -2.11. The molecule has 0 aliphatic rings. The Hall–Kier alpha value is -1.87. The minimum atomic E-state index is -0.679. The Balaban J connectivity index is 2.06. The molecule has 1 unspecified atom stereocenters. The second-order valence-corrected chi connectivity index (χ2v) is 4.75. The highest BCUT2D eigenvalue weighted by Crippen LogP contribution is 2.25. The van der Waals surface area contributed by atoms with Crippen molar-refractivity contribution < 1.29 is 9.84 Å². The average molecular weight is 257 g/mol. The Morgan fingerprint density at radius 1 is 1.16 bits per heavy atom. The molecule has 0 spiro atoms. The lowest BCUT2D eigenvalue weighted by atomic mass is 10.1. The molecule has 1 N–H and O–H groups in total. The predicted octanol–water partition coefficient (Wildman–Crippen LogP) is 3.06. The fourth-order valence-electron chi connectivity index (χ4n) is 1.81. The molecule has 0 amide bonds. The first-order valence-corrected chi connectivity index (χ1v) is 6.49. The van der Waals surface area contributed by atoms with Crippen LogP contribution in [0.5, 0.6) is 5.75 Å². The number of aliphatic hydroxyl groups is 1. The van der Waals surface area contributed by atoms with Gasteiger partial charge in [-0.3, -0.25) is 4.99 Å². The predicted molar refractivity (Wildman–Crippen MR) is 79.1 cm³/mol. The molecule has 3 nitrogen and oxygen atoms in total. The lowest BCUT2D eigenvalue weighted by Crippen LogP contribution is -2.19. The van der Waals surface area contributed by atoms with Crippen LogP contribution < -0.4 is 4.74 Å². The number of aliphatic imine (C=N–C) groups is 1. The van der Waals surface area contributed by atoms with Gasteiger partial charge in [-0.05, 0) is 25.3 Å². The normalized spacial score (nSPS) is 13.3. The van der Waals surface area contributed by atoms with Gasteiger partial charge < -0.3 is 9.84 Å². The Bertz CT molecular complexity index is 558. The first-order chi connectivity index (χ1) is 9.16. The number of hydrogen-bond acceptors (Lipinski definition) is 3. The summed E-state index contributed by atoms with van der Waals surface area (Å²) in [5.74, 6) is 0.787. The van der Waals surface area contributed by atoms with Gasteiger partial charge in [-0.1, -0.05) is 36.4 Å². The Kier molecular flexibility index (Phi) is 4.53. The van der Waals surface area contributed by atoms with Gasteiger partial charge >= 0.3 is 0 Å². The van der Waals surface area contributed by atoms with Crippen LogP contribution in [0.25, 0.3) is 10.8 Å². The Labute approximate surface area is 113 Å². The van der Waals surface area contributed by atoms with Crippen molar-refractivity contribution in [1.29, 1.82) is 0 Å². The molecule has 2 rings (SSSR count). The molecule has 0 aromatic heterocycles. The van der Waals surface area contributed by atoms with Crippen LogP contribution in [0.15, 0.2) is 47.5 Å². The number of aliphatic hydroxyl groups excluding tert-OH is 1. The summed E-state index contributed by atoms with van der Waals surface area (Å²) >= 11 is 0. The summed E-state index contributed by atoms with van der Waals surface area (Å²) in [4.78, 5) is 4.14. The summed E-state index contributed by atoms with van der Waals surface area (Å²) in [6.07, 6.45) is 0.858. The zero-order valence-electron chi connectivity index (χ0n) is 11.3. The van der Waals surface area contributed by atoms with E-state index in [1.807, 2.05) is 56.3 Å². The third kappa shape index (κ3) is 3.80. The van der Waals surface area contributed by atoms with E-state index in [1.54, 1.807) is 0 Å². The maximum absolute atomic E-state index is 9.76. The molecule has 0 aliphatic carbocycles. The number of nitrogens with zero attached hydrogens (tertiary/aromatic N) is 1. The van der Waals surface area contributed by atoms with Crippen molar-refractivity contribution in [2.24, 2.45) is 4.99 Å². The number of rotatable bonds is 5. The van der Waals surface area contributed by atoms with Crippen LogP contribution in [0.2, 0.25) is 0 Å². The van der Waals surface area contributed by atoms with Gasteiger partial charge in [0, 0.05) is 17.6 Å². The van der Waals surface area contributed by atoms with Crippen LogP contribution in [-0.4, -0.2) is 30.1 Å². The van der Waals surface area contributed by atoms with E-state index in [1.165, 1.54) is 6.21 Å². The van der Waals surface area contributed by atoms with Crippen LogP contribution in [-0.2, 0) is 0 Å². The highest BCUT2D eigenvalue weighted by molar-refractivity contribution is 5.88. The number of hydrogen-bond donors (Lipinski definition) is 1. The topological polar surface area (TPSA) is 41.8 Å². The molecule has 0 radical (unpaired) electrons. The van der Waals surface area contributed by atoms with E-state index in [0.717, 1.165) is 16.5 Å². The van der Waals surface area contributed by atoms with Crippen molar-refractivity contribution in [3.05, 3.63) is 42.5 Å². The van der Waals surface area contributed by atoms with Gasteiger partial charge in [-0.15, -0.1) is 0 Å². The first kappa shape index (κ1) is 13.6. The van der Waals surface area contributed by atoms with E-state index in [-0.39, 0.29) is 12.6 Å². The van der Waals surface area contributed by atoms with Gasteiger partial charge in [0.25, 0.3) is 0 Å². The maximum atomic E-state index is 9.76. The molecule has 3 heteroatoms. The molecule has 2 aromatic carbocycles. The van der Waals surface area contributed by atoms with Crippen molar-refractivity contribution in [2.45, 2.75) is 26.0 Å². The van der Waals surface area contributed by atoms with Crippen LogP contribution in [0.4, 0.5) is 0 Å². The van der Waals surface area contributed by atoms with Crippen molar-refractivity contribution in [1.82, 2.24) is 0 Å². The molecule has 0 fully saturated rings. The number of ether oxygens (including phenoxy) is 1. The molecule has 0 heterocycles. The fourth-order valence-corrected chi connectivity index (χ4v) is 1.81. The fraction of sp³-hybridized carbons (Fsp3) is 0.312. The SMILES string of the molecule is CC(C)N=CC(O)COc1cccc2ccccc12. The van der Waals surface area contributed by atoms with Crippen molar-refractivity contribution >= 4 is 17.0 Å². The number of fused-ring (bicyclic) bond motifs is 1. The second kappa shape index (κ2) is 6.34. The van der Waals surface area contributed by atoms with Crippen LogP contribution in [0.3, 0.4) is 0 Å². The van der Waals surface area contributed by atoms with Crippen molar-refractivity contribution in [2.75, 3.05) is 6.61 Å². The molecular weight excluding hydrogens is 238 g/mol. The lowest BCUT2D eigenvalue weighted by molar-refractivity contribution is 0.163. The molecule has 1 atom stereocenters. The number of benzene rings is 2. The minimum Gasteiger partial charge on any atom is -0.490 e. The highest BCUT2D eigenvalue weighted by Gasteiger charge is 2.05. The van der Waals surface area contributed by atoms with E-state index >= 15 is 0 Å². The molecule has 0 saturated heterocycles. The summed E-state index contributed by atoms with van der Waals surface area (Å²) in [6.45, 7) is 4.15. The van der Waals surface area contributed by atoms with Crippen LogP contribution in [0, 0.1) is 0 Å². The standard InChI is InChI=1S/C16H19NO2/c1-12(2)17-10-14(18)11-19-16-9-5-7-13-6-3-4-8-15(13)16/h3-10,12,14,18H,11H2,1-2H3. The quantitative estimate of drug-likeness (QED) is 0.836. The van der Waals surface area contributed by atoms with E-state index in [0.29, 0.717) is 0 Å². The minimum absolute atomic E-state index is 0.187. The van der Waals surface area contributed by atoms with Crippen LogP contribution in [0.1, 0.15) is 13.8 Å². The summed E-state index contributed by atoms with van der Waals surface area (Å²) < 4.78 is 5.67. The molecule has 0 bridgehead atoms. The van der Waals surface area contributed by atoms with E-state index in [9.17, 15) is 5.11 Å². The molecule has 2 aromatic rings. The van der Waals surface area contributed by atoms with Crippen molar-refractivity contribution in [3.63, 3.8) is 0 Å². The van der Waals surface area contributed by atoms with E-state index in [2.05, 4.69) is 4.99 Å². The average Bonchev–Trinajstić information content (AvgIpc) is 2.42. The summed E-state index contributed by atoms with van der Waals surface area (Å²) in [5.41, 5.74) is 0. The van der Waals surface area contributed by atoms with E-state index < -0.39 is 6.10 Å². The zero-order chi connectivity index (χ0) is 13.7. The molecule has 0 saturated carbocycles. The third-order valence-corrected chi connectivity index (χ3v) is 2.72. The first-order valence-electron chi connectivity index (χ1n) is 6.49. The van der Waals surface area contributed by atoms with Gasteiger partial charge in [0.15, 0.2) is 0 Å². The molecule has 19 heavy (non-hydrogen) atoms. The van der Waals surface area contributed by atoms with Gasteiger partial charge in [-0.25, -0.2) is 0 Å². The van der Waals surface area contributed by atoms with Crippen LogP contribution >= 0.6 is 0 Å². The third-order valence-electron chi connectivity index (χ3n) is 2.72. The maximum Gasteiger partial charge on any atom is 0.127 e. The van der Waals surface area contributed by atoms with Crippen molar-refractivity contribution in [3.8, 4) is 5.75 Å². The smallest absolute Gasteiger partial charge is 0.127 e. The summed E-state index contributed by atoms with van der Waals surface area (Å²) in [7, 11) is 0. The monoisotopic (exact) mass is 257 g/mol. The second-order valence-electron chi connectivity index (χ2n) is 4.75. The van der Waals surface area contributed by atoms with Gasteiger partial charge in [-0.2, -0.15) is 0 Å². The highest BCUT2D eigenvalue weighted by atomic mass is 16.5. The zero-order valence-corrected chi connectivity index (χ0v) is 11.3. The Morgan fingerprint density at radius 3 is 2.68 bits per heavy atom. The van der Waals surface area contributed by atoms with E-state index in [4.69, 9.17) is 4.74 Å². The summed E-state index contributed by atoms with van der Waals surface area (Å²) in [6, 6.07) is 14.1. The largest absolute Gasteiger partial charge is 0.490 e. The molecule has 100 valence electrons. The summed E-state index contributed by atoms with van der Waals surface area (Å²) in [5, 5.41) is 11.9. The molecular formula is C16H19NO2. The Morgan fingerprint density at radius 2 is 1.89 bits per heavy atom. The van der Waals surface area contributed by atoms with Gasteiger partial charge in [0.1, 0.15) is 18.5 Å². The molecule has 0 aliphatic heterocycles. The van der Waals surface area contributed by atoms with Gasteiger partial charge in [0.05, 0.1) is 0 Å². The van der Waals surface area contributed by atoms with Gasteiger partial charge in [0.2, 0.25) is 0 Å².